The van der Waals surface area contributed by atoms with Gasteiger partial charge in [-0.05, 0) is 17.7 Å². The minimum Gasteiger partial charge on any atom is -0.384 e. The van der Waals surface area contributed by atoms with Gasteiger partial charge >= 0.3 is 0 Å². The number of halogens is 3. The summed E-state index contributed by atoms with van der Waals surface area (Å²) in [4.78, 5) is 0. The van der Waals surface area contributed by atoms with E-state index in [1.807, 2.05) is 0 Å². The fourth-order valence-electron chi connectivity index (χ4n) is 1.46. The van der Waals surface area contributed by atoms with Crippen molar-refractivity contribution in [2.75, 3.05) is 5.73 Å². The quantitative estimate of drug-likeness (QED) is 0.890. The van der Waals surface area contributed by atoms with Crippen LogP contribution in [0.3, 0.4) is 0 Å². The molecule has 3 nitrogen and oxygen atoms in total. The number of rotatable bonds is 2. The van der Waals surface area contributed by atoms with Crippen LogP contribution in [0.1, 0.15) is 12.0 Å². The Hall–Kier alpha value is -1.43. The number of anilines is 1. The fraction of sp³-hybridized carbons (Fsp3) is 0.100. The first kappa shape index (κ1) is 11.1. The maximum absolute atomic E-state index is 12.8. The number of nitrogens with one attached hydrogen (secondary N) is 1. The normalized spacial score (nSPS) is 11.0. The Morgan fingerprint density at radius 1 is 1.31 bits per heavy atom. The van der Waals surface area contributed by atoms with Gasteiger partial charge in [0.1, 0.15) is 5.82 Å². The average molecular weight is 288 g/mol. The van der Waals surface area contributed by atoms with E-state index < -0.39 is 6.43 Å². The van der Waals surface area contributed by atoms with Crippen molar-refractivity contribution < 1.29 is 8.78 Å². The highest BCUT2D eigenvalue weighted by Crippen LogP contribution is 2.35. The molecule has 0 saturated heterocycles. The van der Waals surface area contributed by atoms with Gasteiger partial charge in [0.15, 0.2) is 0 Å². The summed E-state index contributed by atoms with van der Waals surface area (Å²) in [5.41, 5.74) is 6.42. The molecule has 16 heavy (non-hydrogen) atoms. The van der Waals surface area contributed by atoms with Gasteiger partial charge in [0.2, 0.25) is 0 Å². The van der Waals surface area contributed by atoms with Crippen LogP contribution in [-0.4, -0.2) is 10.2 Å². The van der Waals surface area contributed by atoms with Gasteiger partial charge in [-0.3, -0.25) is 5.10 Å². The lowest BCUT2D eigenvalue weighted by Crippen LogP contribution is -1.93. The van der Waals surface area contributed by atoms with E-state index in [9.17, 15) is 8.78 Å². The standard InChI is InChI=1S/C10H8BrF2N3/c11-5-1-2-6(9(12)13)7(3-5)8-4-15-16-10(8)14/h1-4,9H,(H3,14,15,16). The van der Waals surface area contributed by atoms with Gasteiger partial charge in [0.25, 0.3) is 6.43 Å². The number of H-pyrrole nitrogens is 1. The van der Waals surface area contributed by atoms with E-state index in [-0.39, 0.29) is 11.4 Å². The van der Waals surface area contributed by atoms with Crippen molar-refractivity contribution in [3.63, 3.8) is 0 Å². The highest BCUT2D eigenvalue weighted by atomic mass is 79.9. The van der Waals surface area contributed by atoms with E-state index in [1.165, 1.54) is 12.3 Å². The molecular weight excluding hydrogens is 280 g/mol. The summed E-state index contributed by atoms with van der Waals surface area (Å²) in [7, 11) is 0. The zero-order chi connectivity index (χ0) is 11.7. The maximum Gasteiger partial charge on any atom is 0.264 e. The topological polar surface area (TPSA) is 54.7 Å². The summed E-state index contributed by atoms with van der Waals surface area (Å²) in [5.74, 6) is 0.278. The molecule has 84 valence electrons. The van der Waals surface area contributed by atoms with Crippen LogP contribution in [0, 0.1) is 0 Å². The highest BCUT2D eigenvalue weighted by Gasteiger charge is 2.16. The number of hydrogen-bond donors (Lipinski definition) is 2. The number of aromatic amines is 1. The van der Waals surface area contributed by atoms with E-state index in [1.54, 1.807) is 12.1 Å². The molecule has 0 spiro atoms. The lowest BCUT2D eigenvalue weighted by molar-refractivity contribution is 0.152. The molecule has 0 bridgehead atoms. The molecule has 0 amide bonds. The smallest absolute Gasteiger partial charge is 0.264 e. The third-order valence-electron chi connectivity index (χ3n) is 2.21. The zero-order valence-electron chi connectivity index (χ0n) is 8.05. The first-order valence-electron chi connectivity index (χ1n) is 4.46. The lowest BCUT2D eigenvalue weighted by atomic mass is 10.0. The molecular formula is C10H8BrF2N3. The zero-order valence-corrected chi connectivity index (χ0v) is 9.63. The summed E-state index contributed by atoms with van der Waals surface area (Å²) in [6.45, 7) is 0. The van der Waals surface area contributed by atoms with Crippen LogP contribution in [-0.2, 0) is 0 Å². The van der Waals surface area contributed by atoms with Gasteiger partial charge in [-0.15, -0.1) is 0 Å². The summed E-state index contributed by atoms with van der Waals surface area (Å²) < 4.78 is 26.3. The van der Waals surface area contributed by atoms with Gasteiger partial charge in [0.05, 0.1) is 6.20 Å². The van der Waals surface area contributed by atoms with Crippen molar-refractivity contribution in [3.05, 3.63) is 34.4 Å². The third-order valence-corrected chi connectivity index (χ3v) is 2.70. The Labute approximate surface area is 98.8 Å². The molecule has 0 fully saturated rings. The number of benzene rings is 1. The minimum atomic E-state index is -2.54. The van der Waals surface area contributed by atoms with Crippen LogP contribution in [0.5, 0.6) is 0 Å². The first-order valence-corrected chi connectivity index (χ1v) is 5.25. The van der Waals surface area contributed by atoms with Crippen LogP contribution in [0.4, 0.5) is 14.6 Å². The van der Waals surface area contributed by atoms with Crippen molar-refractivity contribution in [3.8, 4) is 11.1 Å². The Kier molecular flexibility index (Phi) is 2.91. The molecule has 1 heterocycles. The molecule has 0 unspecified atom stereocenters. The van der Waals surface area contributed by atoms with Crippen molar-refractivity contribution in [1.29, 1.82) is 0 Å². The van der Waals surface area contributed by atoms with Crippen LogP contribution < -0.4 is 5.73 Å². The van der Waals surface area contributed by atoms with Crippen LogP contribution in [0.25, 0.3) is 11.1 Å². The average Bonchev–Trinajstić information content (AvgIpc) is 2.63. The van der Waals surface area contributed by atoms with E-state index >= 15 is 0 Å². The molecule has 3 N–H and O–H groups in total. The summed E-state index contributed by atoms with van der Waals surface area (Å²) in [6, 6.07) is 4.54. The Morgan fingerprint density at radius 3 is 2.62 bits per heavy atom. The second-order valence-corrected chi connectivity index (χ2v) is 4.15. The minimum absolute atomic E-state index is 0.0590. The molecule has 1 aromatic heterocycles. The van der Waals surface area contributed by atoms with Crippen LogP contribution in [0.15, 0.2) is 28.9 Å². The van der Waals surface area contributed by atoms with Crippen molar-refractivity contribution in [2.45, 2.75) is 6.43 Å². The number of hydrogen-bond acceptors (Lipinski definition) is 2. The van der Waals surface area contributed by atoms with Crippen LogP contribution in [0.2, 0.25) is 0 Å². The van der Waals surface area contributed by atoms with Gasteiger partial charge in [0, 0.05) is 15.6 Å². The van der Waals surface area contributed by atoms with Gasteiger partial charge in [-0.1, -0.05) is 22.0 Å². The SMILES string of the molecule is Nc1[nH]ncc1-c1cc(Br)ccc1C(F)F. The Bertz CT molecular complexity index is 511. The third kappa shape index (κ3) is 1.92. The van der Waals surface area contributed by atoms with Gasteiger partial charge in [-0.2, -0.15) is 5.10 Å². The van der Waals surface area contributed by atoms with E-state index in [4.69, 9.17) is 5.73 Å². The maximum atomic E-state index is 12.8. The largest absolute Gasteiger partial charge is 0.384 e. The molecule has 0 aliphatic carbocycles. The first-order chi connectivity index (χ1) is 7.59. The lowest BCUT2D eigenvalue weighted by Gasteiger charge is -2.08. The molecule has 0 aliphatic heterocycles. The molecule has 2 aromatic rings. The number of nitrogens with two attached hydrogens (primary N) is 1. The molecule has 0 saturated carbocycles. The monoisotopic (exact) mass is 287 g/mol. The predicted molar refractivity (Wildman–Crippen MR) is 61.1 cm³/mol. The fourth-order valence-corrected chi connectivity index (χ4v) is 1.82. The number of nitrogen functional groups attached to an aromatic ring is 1. The summed E-state index contributed by atoms with van der Waals surface area (Å²) in [6.07, 6.45) is -1.11. The highest BCUT2D eigenvalue weighted by molar-refractivity contribution is 9.10. The van der Waals surface area contributed by atoms with Crippen LogP contribution >= 0.6 is 15.9 Å². The van der Waals surface area contributed by atoms with E-state index in [0.29, 0.717) is 15.6 Å². The molecule has 1 aromatic carbocycles. The molecule has 6 heteroatoms. The summed E-state index contributed by atoms with van der Waals surface area (Å²) >= 11 is 3.24. The molecule has 2 rings (SSSR count). The number of alkyl halides is 2. The molecule has 0 atom stereocenters. The predicted octanol–water partition coefficient (Wildman–Crippen LogP) is 3.36. The number of nitrogens with zero attached hydrogens (tertiary/aromatic N) is 1. The second-order valence-electron chi connectivity index (χ2n) is 3.23. The molecule has 0 aliphatic rings. The van der Waals surface area contributed by atoms with Gasteiger partial charge < -0.3 is 5.73 Å². The molecule has 0 radical (unpaired) electrons. The van der Waals surface area contributed by atoms with E-state index in [2.05, 4.69) is 26.1 Å². The van der Waals surface area contributed by atoms with Gasteiger partial charge in [-0.25, -0.2) is 8.78 Å². The van der Waals surface area contributed by atoms with Crippen molar-refractivity contribution in [1.82, 2.24) is 10.2 Å². The summed E-state index contributed by atoms with van der Waals surface area (Å²) in [5, 5.41) is 6.24. The number of aromatic nitrogens is 2. The Balaban J connectivity index is 2.63. The Morgan fingerprint density at radius 2 is 2.06 bits per heavy atom. The van der Waals surface area contributed by atoms with Crippen molar-refractivity contribution >= 4 is 21.7 Å². The van der Waals surface area contributed by atoms with E-state index in [0.717, 1.165) is 0 Å². The van der Waals surface area contributed by atoms with Crippen molar-refractivity contribution in [2.24, 2.45) is 0 Å². The second kappa shape index (κ2) is 4.21.